The van der Waals surface area contributed by atoms with Crippen LogP contribution < -0.4 is 19.7 Å². The average molecular weight is 471 g/mol. The lowest BCUT2D eigenvalue weighted by atomic mass is 10.1. The number of benzene rings is 3. The zero-order chi connectivity index (χ0) is 24.8. The van der Waals surface area contributed by atoms with Crippen molar-refractivity contribution in [2.24, 2.45) is 0 Å². The van der Waals surface area contributed by atoms with Gasteiger partial charge in [-0.05, 0) is 55.3 Å². The van der Waals surface area contributed by atoms with Crippen LogP contribution in [0.2, 0.25) is 0 Å². The van der Waals surface area contributed by atoms with E-state index in [2.05, 4.69) is 5.32 Å². The number of para-hydroxylation sites is 1. The van der Waals surface area contributed by atoms with E-state index in [1.165, 1.54) is 6.08 Å². The van der Waals surface area contributed by atoms with Gasteiger partial charge < -0.3 is 9.47 Å². The van der Waals surface area contributed by atoms with E-state index in [1.54, 1.807) is 42.5 Å². The highest BCUT2D eigenvalue weighted by Gasteiger charge is 2.37. The van der Waals surface area contributed by atoms with Crippen molar-refractivity contribution in [2.75, 3.05) is 11.5 Å². The van der Waals surface area contributed by atoms with Crippen LogP contribution in [-0.4, -0.2) is 24.5 Å². The molecule has 0 spiro atoms. The number of carbonyl (C=O) groups is 3. The molecule has 1 saturated heterocycles. The largest absolute Gasteiger partial charge is 0.494 e. The number of nitrogens with one attached hydrogen (secondary N) is 1. The van der Waals surface area contributed by atoms with Crippen molar-refractivity contribution in [3.8, 4) is 11.5 Å². The van der Waals surface area contributed by atoms with Gasteiger partial charge in [0.2, 0.25) is 0 Å². The van der Waals surface area contributed by atoms with Crippen molar-refractivity contribution < 1.29 is 23.9 Å². The quantitative estimate of drug-likeness (QED) is 0.369. The van der Waals surface area contributed by atoms with E-state index in [-0.39, 0.29) is 5.57 Å². The van der Waals surface area contributed by atoms with Crippen LogP contribution in [0.4, 0.5) is 10.5 Å². The number of hydrogen-bond donors (Lipinski definition) is 1. The summed E-state index contributed by atoms with van der Waals surface area (Å²) >= 11 is 0. The molecular weight excluding hydrogens is 444 g/mol. The maximum Gasteiger partial charge on any atom is 0.335 e. The minimum Gasteiger partial charge on any atom is -0.494 e. The number of barbiturate groups is 1. The second-order valence-corrected chi connectivity index (χ2v) is 8.11. The second kappa shape index (κ2) is 10.7. The maximum absolute atomic E-state index is 13.2. The van der Waals surface area contributed by atoms with Gasteiger partial charge in [0.1, 0.15) is 23.7 Å². The fourth-order valence-electron chi connectivity index (χ4n) is 3.54. The van der Waals surface area contributed by atoms with Gasteiger partial charge in [-0.15, -0.1) is 0 Å². The normalized spacial score (nSPS) is 14.7. The Balaban J connectivity index is 1.58. The maximum atomic E-state index is 13.2. The number of anilines is 1. The summed E-state index contributed by atoms with van der Waals surface area (Å²) in [5.74, 6) is -0.323. The minimum atomic E-state index is -0.803. The highest BCUT2D eigenvalue weighted by Crippen LogP contribution is 2.27. The first-order valence-corrected chi connectivity index (χ1v) is 11.4. The molecule has 1 fully saturated rings. The topological polar surface area (TPSA) is 84.9 Å². The molecule has 0 aliphatic carbocycles. The molecule has 7 nitrogen and oxygen atoms in total. The number of imide groups is 2. The minimum absolute atomic E-state index is 0.165. The third-order valence-corrected chi connectivity index (χ3v) is 5.40. The fourth-order valence-corrected chi connectivity index (χ4v) is 3.54. The Kier molecular flexibility index (Phi) is 7.26. The Morgan fingerprint density at radius 1 is 0.886 bits per heavy atom. The van der Waals surface area contributed by atoms with Crippen molar-refractivity contribution in [3.05, 3.63) is 95.1 Å². The molecule has 0 radical (unpaired) electrons. The molecule has 0 aromatic heterocycles. The molecule has 0 saturated carbocycles. The zero-order valence-electron chi connectivity index (χ0n) is 19.6. The van der Waals surface area contributed by atoms with Crippen molar-refractivity contribution in [2.45, 2.75) is 26.9 Å². The predicted molar refractivity (Wildman–Crippen MR) is 133 cm³/mol. The first-order valence-electron chi connectivity index (χ1n) is 11.4. The van der Waals surface area contributed by atoms with E-state index >= 15 is 0 Å². The number of urea groups is 1. The molecule has 4 amide bonds. The first-order chi connectivity index (χ1) is 17.0. The molecule has 7 heteroatoms. The van der Waals surface area contributed by atoms with E-state index in [4.69, 9.17) is 9.47 Å². The third kappa shape index (κ3) is 5.58. The SMILES string of the molecule is CCCOc1ccc(N2C(=O)NC(=O)/C(=C/c3ccccc3OCc3ccc(C)cc3)C2=O)cc1. The number of aryl methyl sites for hydroxylation is 1. The van der Waals surface area contributed by atoms with Crippen LogP contribution in [0.5, 0.6) is 11.5 Å². The Hall–Kier alpha value is -4.39. The van der Waals surface area contributed by atoms with Gasteiger partial charge in [-0.1, -0.05) is 55.0 Å². The van der Waals surface area contributed by atoms with Gasteiger partial charge in [0.15, 0.2) is 0 Å². The summed E-state index contributed by atoms with van der Waals surface area (Å²) in [4.78, 5) is 39.3. The van der Waals surface area contributed by atoms with Gasteiger partial charge in [-0.3, -0.25) is 14.9 Å². The Bertz CT molecular complexity index is 1260. The van der Waals surface area contributed by atoms with Gasteiger partial charge in [-0.2, -0.15) is 0 Å². The average Bonchev–Trinajstić information content (AvgIpc) is 2.86. The molecule has 35 heavy (non-hydrogen) atoms. The molecule has 1 heterocycles. The molecule has 0 unspecified atom stereocenters. The highest BCUT2D eigenvalue weighted by atomic mass is 16.5. The second-order valence-electron chi connectivity index (χ2n) is 8.11. The van der Waals surface area contributed by atoms with Gasteiger partial charge >= 0.3 is 6.03 Å². The zero-order valence-corrected chi connectivity index (χ0v) is 19.6. The molecule has 1 aliphatic rings. The summed E-state index contributed by atoms with van der Waals surface area (Å²) in [5.41, 5.74) is 2.87. The lowest BCUT2D eigenvalue weighted by Crippen LogP contribution is -2.54. The molecule has 3 aromatic rings. The highest BCUT2D eigenvalue weighted by molar-refractivity contribution is 6.39. The van der Waals surface area contributed by atoms with Gasteiger partial charge in [0.25, 0.3) is 11.8 Å². The van der Waals surface area contributed by atoms with Crippen LogP contribution in [0.25, 0.3) is 6.08 Å². The summed E-state index contributed by atoms with van der Waals surface area (Å²) < 4.78 is 11.5. The number of rotatable bonds is 8. The van der Waals surface area contributed by atoms with Crippen molar-refractivity contribution >= 4 is 29.6 Å². The lowest BCUT2D eigenvalue weighted by Gasteiger charge is -2.26. The fraction of sp³-hybridized carbons (Fsp3) is 0.179. The monoisotopic (exact) mass is 470 g/mol. The van der Waals surface area contributed by atoms with E-state index in [0.717, 1.165) is 22.4 Å². The smallest absolute Gasteiger partial charge is 0.335 e. The summed E-state index contributed by atoms with van der Waals surface area (Å²) in [6.07, 6.45) is 2.31. The summed E-state index contributed by atoms with van der Waals surface area (Å²) in [7, 11) is 0. The van der Waals surface area contributed by atoms with Crippen LogP contribution in [0.15, 0.2) is 78.4 Å². The Morgan fingerprint density at radius 3 is 2.31 bits per heavy atom. The molecule has 178 valence electrons. The van der Waals surface area contributed by atoms with Crippen molar-refractivity contribution in [1.82, 2.24) is 5.32 Å². The Labute approximate surface area is 204 Å². The van der Waals surface area contributed by atoms with Gasteiger partial charge in [-0.25, -0.2) is 9.69 Å². The molecule has 0 bridgehead atoms. The van der Waals surface area contributed by atoms with E-state index in [9.17, 15) is 14.4 Å². The number of nitrogens with zero attached hydrogens (tertiary/aromatic N) is 1. The van der Waals surface area contributed by atoms with Crippen LogP contribution in [0.1, 0.15) is 30.0 Å². The van der Waals surface area contributed by atoms with Crippen molar-refractivity contribution in [1.29, 1.82) is 0 Å². The van der Waals surface area contributed by atoms with Crippen LogP contribution in [0, 0.1) is 6.92 Å². The Morgan fingerprint density at radius 2 is 1.60 bits per heavy atom. The molecular formula is C28H26N2O5. The number of ether oxygens (including phenoxy) is 2. The van der Waals surface area contributed by atoms with E-state index in [0.29, 0.717) is 36.0 Å². The number of amides is 4. The molecule has 3 aromatic carbocycles. The predicted octanol–water partition coefficient (Wildman–Crippen LogP) is 5.03. The summed E-state index contributed by atoms with van der Waals surface area (Å²) in [5, 5.41) is 2.25. The van der Waals surface area contributed by atoms with Gasteiger partial charge in [0, 0.05) is 5.56 Å². The third-order valence-electron chi connectivity index (χ3n) is 5.40. The summed E-state index contributed by atoms with van der Waals surface area (Å²) in [6, 6.07) is 20.9. The van der Waals surface area contributed by atoms with Crippen LogP contribution in [0.3, 0.4) is 0 Å². The van der Waals surface area contributed by atoms with Crippen LogP contribution in [-0.2, 0) is 16.2 Å². The number of carbonyl (C=O) groups excluding carboxylic acids is 3. The molecule has 0 atom stereocenters. The van der Waals surface area contributed by atoms with Gasteiger partial charge in [0.05, 0.1) is 12.3 Å². The van der Waals surface area contributed by atoms with E-state index < -0.39 is 17.8 Å². The lowest BCUT2D eigenvalue weighted by molar-refractivity contribution is -0.122. The van der Waals surface area contributed by atoms with Crippen LogP contribution >= 0.6 is 0 Å². The standard InChI is InChI=1S/C28H26N2O5/c1-3-16-34-23-14-12-22(13-15-23)30-27(32)24(26(31)29-28(30)33)17-21-6-4-5-7-25(21)35-18-20-10-8-19(2)9-11-20/h4-15,17H,3,16,18H2,1-2H3,(H,29,31,33)/b24-17-. The molecule has 1 N–H and O–H groups in total. The molecule has 1 aliphatic heterocycles. The van der Waals surface area contributed by atoms with E-state index in [1.807, 2.05) is 44.2 Å². The first kappa shape index (κ1) is 23.8. The number of hydrogen-bond acceptors (Lipinski definition) is 5. The summed E-state index contributed by atoms with van der Waals surface area (Å²) in [6.45, 7) is 4.91. The van der Waals surface area contributed by atoms with Crippen molar-refractivity contribution in [3.63, 3.8) is 0 Å². The molecule has 4 rings (SSSR count).